The highest BCUT2D eigenvalue weighted by molar-refractivity contribution is 7.90. The van der Waals surface area contributed by atoms with Crippen molar-refractivity contribution in [3.8, 4) is 0 Å². The normalized spacial score (nSPS) is 11.6. The van der Waals surface area contributed by atoms with Crippen molar-refractivity contribution in [3.63, 3.8) is 0 Å². The van der Waals surface area contributed by atoms with Gasteiger partial charge in [-0.05, 0) is 49.2 Å². The van der Waals surface area contributed by atoms with Gasteiger partial charge in [-0.1, -0.05) is 42.0 Å². The maximum absolute atomic E-state index is 12.4. The van der Waals surface area contributed by atoms with Crippen LogP contribution >= 0.6 is 0 Å². The number of carbonyl (C=O) groups excluding carboxylic acids is 1. The molecule has 1 amide bonds. The quantitative estimate of drug-likeness (QED) is 0.509. The molecule has 3 aromatic rings. The Morgan fingerprint density at radius 1 is 1.07 bits per heavy atom. The highest BCUT2D eigenvalue weighted by atomic mass is 32.2. The van der Waals surface area contributed by atoms with Crippen LogP contribution in [-0.2, 0) is 15.6 Å². The molecule has 0 saturated heterocycles. The number of nitrogens with zero attached hydrogens (tertiary/aromatic N) is 1. The van der Waals surface area contributed by atoms with Gasteiger partial charge in [0.2, 0.25) is 0 Å². The van der Waals surface area contributed by atoms with E-state index < -0.39 is 15.7 Å². The predicted octanol–water partition coefficient (Wildman–Crippen LogP) is 3.63. The van der Waals surface area contributed by atoms with Crippen LogP contribution in [0.2, 0.25) is 0 Å². The van der Waals surface area contributed by atoms with Gasteiger partial charge >= 0.3 is 5.91 Å². The molecule has 144 valence electrons. The van der Waals surface area contributed by atoms with E-state index in [9.17, 15) is 13.2 Å². The third-order valence-corrected chi connectivity index (χ3v) is 5.77. The largest absolute Gasteiger partial charge is 0.455 e. The number of furan rings is 1. The standard InChI is InChI=1S/C21H20N2O4S/c1-15-8-9-17(16(2)12-15)13-22-23-21(24)20-11-10-18(27-20)14-28(25,26)19-6-4-3-5-7-19/h3-13H,14H2,1-2H3,(H,23,24)/b22-13-. The minimum atomic E-state index is -3.54. The summed E-state index contributed by atoms with van der Waals surface area (Å²) in [5.41, 5.74) is 5.46. The second kappa shape index (κ2) is 8.22. The molecule has 28 heavy (non-hydrogen) atoms. The molecule has 0 atom stereocenters. The van der Waals surface area contributed by atoms with Gasteiger partial charge in [-0.3, -0.25) is 4.79 Å². The third kappa shape index (κ3) is 4.75. The van der Waals surface area contributed by atoms with Gasteiger partial charge in [0.1, 0.15) is 11.5 Å². The molecule has 0 spiro atoms. The van der Waals surface area contributed by atoms with E-state index in [2.05, 4.69) is 10.5 Å². The maximum Gasteiger partial charge on any atom is 0.307 e. The number of rotatable bonds is 6. The summed E-state index contributed by atoms with van der Waals surface area (Å²) in [6, 6.07) is 16.9. The monoisotopic (exact) mass is 396 g/mol. The van der Waals surface area contributed by atoms with E-state index >= 15 is 0 Å². The predicted molar refractivity (Wildman–Crippen MR) is 107 cm³/mol. The van der Waals surface area contributed by atoms with Crippen molar-refractivity contribution in [2.24, 2.45) is 5.10 Å². The molecule has 0 radical (unpaired) electrons. The Balaban J connectivity index is 1.65. The lowest BCUT2D eigenvalue weighted by atomic mass is 10.1. The van der Waals surface area contributed by atoms with Crippen molar-refractivity contribution < 1.29 is 17.6 Å². The summed E-state index contributed by atoms with van der Waals surface area (Å²) < 4.78 is 30.1. The fourth-order valence-electron chi connectivity index (χ4n) is 2.66. The molecule has 1 heterocycles. The van der Waals surface area contributed by atoms with Crippen LogP contribution < -0.4 is 5.43 Å². The zero-order chi connectivity index (χ0) is 20.1. The molecule has 2 aromatic carbocycles. The van der Waals surface area contributed by atoms with Crippen molar-refractivity contribution in [1.82, 2.24) is 5.43 Å². The Labute approximate surface area is 163 Å². The van der Waals surface area contributed by atoms with Crippen LogP contribution in [0.15, 0.2) is 75.1 Å². The fraction of sp³-hybridized carbons (Fsp3) is 0.143. The molecule has 0 bridgehead atoms. The van der Waals surface area contributed by atoms with Gasteiger partial charge in [0, 0.05) is 0 Å². The summed E-state index contributed by atoms with van der Waals surface area (Å²) in [5, 5.41) is 3.94. The first kappa shape index (κ1) is 19.6. The number of nitrogens with one attached hydrogen (secondary N) is 1. The highest BCUT2D eigenvalue weighted by Crippen LogP contribution is 2.18. The van der Waals surface area contributed by atoms with Crippen LogP contribution in [0, 0.1) is 13.8 Å². The van der Waals surface area contributed by atoms with Crippen LogP contribution in [0.4, 0.5) is 0 Å². The number of hydrogen-bond donors (Lipinski definition) is 1. The smallest absolute Gasteiger partial charge is 0.307 e. The molecule has 0 saturated carbocycles. The SMILES string of the molecule is Cc1ccc(/C=N\NC(=O)c2ccc(CS(=O)(=O)c3ccccc3)o2)c(C)c1. The minimum absolute atomic E-state index is 0.00367. The van der Waals surface area contributed by atoms with Crippen molar-refractivity contribution in [1.29, 1.82) is 0 Å². The first-order chi connectivity index (χ1) is 13.3. The summed E-state index contributed by atoms with van der Waals surface area (Å²) in [7, 11) is -3.54. The summed E-state index contributed by atoms with van der Waals surface area (Å²) in [6.07, 6.45) is 1.55. The fourth-order valence-corrected chi connectivity index (χ4v) is 3.93. The number of aryl methyl sites for hydroxylation is 2. The summed E-state index contributed by atoms with van der Waals surface area (Å²) in [4.78, 5) is 12.4. The third-order valence-electron chi connectivity index (χ3n) is 4.12. The van der Waals surface area contributed by atoms with Crippen LogP contribution in [0.1, 0.15) is 33.0 Å². The van der Waals surface area contributed by atoms with Crippen LogP contribution in [0.25, 0.3) is 0 Å². The van der Waals surface area contributed by atoms with Gasteiger partial charge in [-0.2, -0.15) is 5.10 Å². The van der Waals surface area contributed by atoms with E-state index in [0.29, 0.717) is 0 Å². The van der Waals surface area contributed by atoms with Gasteiger partial charge in [0.25, 0.3) is 0 Å². The number of hydrogen-bond acceptors (Lipinski definition) is 5. The first-order valence-corrected chi connectivity index (χ1v) is 10.3. The van der Waals surface area contributed by atoms with E-state index in [1.165, 1.54) is 24.3 Å². The van der Waals surface area contributed by atoms with E-state index in [-0.39, 0.29) is 22.2 Å². The molecule has 0 aliphatic heterocycles. The second-order valence-corrected chi connectivity index (χ2v) is 8.39. The Kier molecular flexibility index (Phi) is 5.75. The summed E-state index contributed by atoms with van der Waals surface area (Å²) >= 11 is 0. The van der Waals surface area contributed by atoms with Gasteiger partial charge in [0.05, 0.1) is 11.1 Å². The zero-order valence-corrected chi connectivity index (χ0v) is 16.4. The average Bonchev–Trinajstić information content (AvgIpc) is 3.12. The van der Waals surface area contributed by atoms with Gasteiger partial charge in [0.15, 0.2) is 15.6 Å². The van der Waals surface area contributed by atoms with Gasteiger partial charge in [-0.15, -0.1) is 0 Å². The van der Waals surface area contributed by atoms with E-state index in [1.54, 1.807) is 24.4 Å². The van der Waals surface area contributed by atoms with Crippen molar-refractivity contribution in [2.45, 2.75) is 24.5 Å². The number of sulfone groups is 1. The summed E-state index contributed by atoms with van der Waals surface area (Å²) in [6.45, 7) is 3.96. The molecule has 0 unspecified atom stereocenters. The Morgan fingerprint density at radius 2 is 1.82 bits per heavy atom. The van der Waals surface area contributed by atoms with Crippen LogP contribution in [-0.4, -0.2) is 20.5 Å². The number of benzene rings is 2. The van der Waals surface area contributed by atoms with Gasteiger partial charge in [-0.25, -0.2) is 13.8 Å². The van der Waals surface area contributed by atoms with Crippen molar-refractivity contribution in [3.05, 3.63) is 88.9 Å². The van der Waals surface area contributed by atoms with E-state index in [0.717, 1.165) is 16.7 Å². The lowest BCUT2D eigenvalue weighted by molar-refractivity contribution is 0.0926. The van der Waals surface area contributed by atoms with E-state index in [1.807, 2.05) is 32.0 Å². The Bertz CT molecular complexity index is 1120. The molecule has 6 nitrogen and oxygen atoms in total. The minimum Gasteiger partial charge on any atom is -0.455 e. The molecule has 0 fully saturated rings. The molecular weight excluding hydrogens is 376 g/mol. The molecule has 7 heteroatoms. The van der Waals surface area contributed by atoms with E-state index in [4.69, 9.17) is 4.42 Å². The Hall–Kier alpha value is -3.19. The number of amides is 1. The van der Waals surface area contributed by atoms with Gasteiger partial charge < -0.3 is 4.42 Å². The Morgan fingerprint density at radius 3 is 2.54 bits per heavy atom. The first-order valence-electron chi connectivity index (χ1n) is 8.62. The summed E-state index contributed by atoms with van der Waals surface area (Å²) in [5.74, 6) is -0.691. The molecule has 0 aliphatic carbocycles. The molecule has 1 N–H and O–H groups in total. The van der Waals surface area contributed by atoms with Crippen molar-refractivity contribution in [2.75, 3.05) is 0 Å². The topological polar surface area (TPSA) is 88.7 Å². The number of carbonyl (C=O) groups is 1. The molecule has 0 aliphatic rings. The zero-order valence-electron chi connectivity index (χ0n) is 15.5. The molecule has 3 rings (SSSR count). The maximum atomic E-state index is 12.4. The lowest BCUT2D eigenvalue weighted by Gasteiger charge is -2.02. The van der Waals surface area contributed by atoms with Crippen LogP contribution in [0.5, 0.6) is 0 Å². The van der Waals surface area contributed by atoms with Crippen molar-refractivity contribution >= 4 is 22.0 Å². The lowest BCUT2D eigenvalue weighted by Crippen LogP contribution is -2.17. The average molecular weight is 396 g/mol. The van der Waals surface area contributed by atoms with Crippen LogP contribution in [0.3, 0.4) is 0 Å². The second-order valence-electron chi connectivity index (χ2n) is 6.40. The molecule has 1 aromatic heterocycles. The number of hydrazone groups is 1. The highest BCUT2D eigenvalue weighted by Gasteiger charge is 2.19. The molecular formula is C21H20N2O4S.